The summed E-state index contributed by atoms with van der Waals surface area (Å²) in [6, 6.07) is 14.5. The number of carbonyl (C=O) groups is 2. The van der Waals surface area contributed by atoms with Crippen LogP contribution in [0, 0.1) is 6.92 Å². The highest BCUT2D eigenvalue weighted by Crippen LogP contribution is 2.24. The molecule has 0 unspecified atom stereocenters. The third kappa shape index (κ3) is 3.17. The molecule has 2 N–H and O–H groups in total. The second-order valence-corrected chi connectivity index (χ2v) is 4.87. The summed E-state index contributed by atoms with van der Waals surface area (Å²) >= 11 is 0. The lowest BCUT2D eigenvalue weighted by Gasteiger charge is -2.20. The van der Waals surface area contributed by atoms with Crippen LogP contribution < -0.4 is 10.6 Å². The number of nitrogens with two attached hydrogens (primary N) is 1. The maximum Gasteiger partial charge on any atom is 0.240 e. The number of nitrogens with zero attached hydrogens (tertiary/aromatic N) is 1. The molecule has 108 valence electrons. The van der Waals surface area contributed by atoms with Gasteiger partial charge in [0, 0.05) is 18.2 Å². The fourth-order valence-corrected chi connectivity index (χ4v) is 2.14. The van der Waals surface area contributed by atoms with Crippen molar-refractivity contribution in [2.45, 2.75) is 6.92 Å². The number of benzene rings is 2. The Bertz CT molecular complexity index is 666. The number of carbonyl (C=O) groups excluding carboxylic acids is 2. The van der Waals surface area contributed by atoms with Crippen molar-refractivity contribution in [2.75, 3.05) is 18.5 Å². The predicted molar refractivity (Wildman–Crippen MR) is 83.5 cm³/mol. The van der Waals surface area contributed by atoms with Gasteiger partial charge in [0.25, 0.3) is 0 Å². The van der Waals surface area contributed by atoms with E-state index in [4.69, 9.17) is 5.73 Å². The fraction of sp³-hybridized carbons (Fsp3) is 0.176. The molecular formula is C17H18N2O2. The Balaban J connectivity index is 2.50. The number of hydrogen-bond donors (Lipinski definition) is 1. The van der Waals surface area contributed by atoms with Crippen LogP contribution in [0.3, 0.4) is 0 Å². The summed E-state index contributed by atoms with van der Waals surface area (Å²) in [5, 5.41) is 0. The number of amides is 1. The van der Waals surface area contributed by atoms with Crippen LogP contribution in [0.1, 0.15) is 21.5 Å². The average molecular weight is 282 g/mol. The summed E-state index contributed by atoms with van der Waals surface area (Å²) in [6.07, 6.45) is 0. The van der Waals surface area contributed by atoms with E-state index in [0.29, 0.717) is 16.8 Å². The van der Waals surface area contributed by atoms with Crippen LogP contribution in [0.25, 0.3) is 0 Å². The van der Waals surface area contributed by atoms with Crippen LogP contribution in [0.5, 0.6) is 0 Å². The molecule has 4 heteroatoms. The van der Waals surface area contributed by atoms with Crippen LogP contribution in [0.2, 0.25) is 0 Å². The monoisotopic (exact) mass is 282 g/mol. The smallest absolute Gasteiger partial charge is 0.240 e. The fourth-order valence-electron chi connectivity index (χ4n) is 2.14. The van der Waals surface area contributed by atoms with Crippen LogP contribution in [-0.4, -0.2) is 25.3 Å². The van der Waals surface area contributed by atoms with Gasteiger partial charge < -0.3 is 10.6 Å². The zero-order valence-corrected chi connectivity index (χ0v) is 12.2. The molecule has 0 saturated carbocycles. The average Bonchev–Trinajstić information content (AvgIpc) is 2.53. The van der Waals surface area contributed by atoms with E-state index in [2.05, 4.69) is 0 Å². The van der Waals surface area contributed by atoms with Gasteiger partial charge in [-0.3, -0.25) is 9.59 Å². The van der Waals surface area contributed by atoms with Crippen molar-refractivity contribution < 1.29 is 9.59 Å². The van der Waals surface area contributed by atoms with Crippen molar-refractivity contribution in [3.8, 4) is 0 Å². The topological polar surface area (TPSA) is 63.4 Å². The first-order chi connectivity index (χ1) is 10.0. The Morgan fingerprint density at radius 2 is 1.76 bits per heavy atom. The Hall–Kier alpha value is -2.46. The second-order valence-electron chi connectivity index (χ2n) is 4.87. The summed E-state index contributed by atoms with van der Waals surface area (Å²) in [6.45, 7) is 1.82. The molecule has 0 radical (unpaired) electrons. The molecule has 2 aromatic carbocycles. The second kappa shape index (κ2) is 6.33. The predicted octanol–water partition coefficient (Wildman–Crippen LogP) is 2.15. The minimum atomic E-state index is -0.235. The molecule has 4 nitrogen and oxygen atoms in total. The van der Waals surface area contributed by atoms with Gasteiger partial charge in [-0.2, -0.15) is 0 Å². The first-order valence-electron chi connectivity index (χ1n) is 6.71. The highest BCUT2D eigenvalue weighted by molar-refractivity contribution is 6.14. The SMILES string of the molecule is Cc1ccc(N(C)C(=O)CN)c(C(=O)c2ccccc2)c1. The maximum absolute atomic E-state index is 12.7. The van der Waals surface area contributed by atoms with Crippen LogP contribution >= 0.6 is 0 Å². The molecule has 0 aliphatic rings. The lowest BCUT2D eigenvalue weighted by Crippen LogP contribution is -2.33. The molecule has 1 amide bonds. The molecule has 0 atom stereocenters. The van der Waals surface area contributed by atoms with E-state index in [0.717, 1.165) is 5.56 Å². The third-order valence-corrected chi connectivity index (χ3v) is 3.34. The summed E-state index contributed by atoms with van der Waals surface area (Å²) in [4.78, 5) is 25.9. The van der Waals surface area contributed by atoms with Gasteiger partial charge in [0.05, 0.1) is 12.2 Å². The Morgan fingerprint density at radius 3 is 2.38 bits per heavy atom. The number of aryl methyl sites for hydroxylation is 1. The first-order valence-corrected chi connectivity index (χ1v) is 6.71. The zero-order chi connectivity index (χ0) is 15.4. The lowest BCUT2D eigenvalue weighted by molar-refractivity contribution is -0.117. The highest BCUT2D eigenvalue weighted by Gasteiger charge is 2.19. The summed E-state index contributed by atoms with van der Waals surface area (Å²) in [5.41, 5.74) is 8.04. The molecule has 0 saturated heterocycles. The Kier molecular flexibility index (Phi) is 4.50. The summed E-state index contributed by atoms with van der Waals surface area (Å²) in [5.74, 6) is -0.341. The van der Waals surface area contributed by atoms with E-state index in [-0.39, 0.29) is 18.2 Å². The van der Waals surface area contributed by atoms with E-state index < -0.39 is 0 Å². The number of hydrogen-bond acceptors (Lipinski definition) is 3. The van der Waals surface area contributed by atoms with E-state index >= 15 is 0 Å². The van der Waals surface area contributed by atoms with Crippen LogP contribution in [0.15, 0.2) is 48.5 Å². The van der Waals surface area contributed by atoms with Crippen molar-refractivity contribution >= 4 is 17.4 Å². The van der Waals surface area contributed by atoms with Gasteiger partial charge in [-0.25, -0.2) is 0 Å². The molecule has 0 aliphatic carbocycles. The van der Waals surface area contributed by atoms with Gasteiger partial charge in [0.1, 0.15) is 0 Å². The van der Waals surface area contributed by atoms with Crippen molar-refractivity contribution in [1.82, 2.24) is 0 Å². The van der Waals surface area contributed by atoms with E-state index in [1.807, 2.05) is 31.2 Å². The Morgan fingerprint density at radius 1 is 1.10 bits per heavy atom. The number of ketones is 1. The molecule has 2 aromatic rings. The van der Waals surface area contributed by atoms with Gasteiger partial charge in [-0.15, -0.1) is 0 Å². The quantitative estimate of drug-likeness (QED) is 0.874. The van der Waals surface area contributed by atoms with Crippen LogP contribution in [-0.2, 0) is 4.79 Å². The van der Waals surface area contributed by atoms with Gasteiger partial charge >= 0.3 is 0 Å². The van der Waals surface area contributed by atoms with Gasteiger partial charge in [0.2, 0.25) is 5.91 Å². The summed E-state index contributed by atoms with van der Waals surface area (Å²) in [7, 11) is 1.63. The van der Waals surface area contributed by atoms with Crippen molar-refractivity contribution in [3.05, 3.63) is 65.2 Å². The van der Waals surface area contributed by atoms with Gasteiger partial charge in [0.15, 0.2) is 5.78 Å². The molecule has 0 fully saturated rings. The van der Waals surface area contributed by atoms with Crippen molar-refractivity contribution in [3.63, 3.8) is 0 Å². The van der Waals surface area contributed by atoms with Gasteiger partial charge in [-0.05, 0) is 19.1 Å². The van der Waals surface area contributed by atoms with Crippen LogP contribution in [0.4, 0.5) is 5.69 Å². The largest absolute Gasteiger partial charge is 0.322 e. The van der Waals surface area contributed by atoms with E-state index in [1.54, 1.807) is 31.3 Å². The molecule has 2 rings (SSSR count). The lowest BCUT2D eigenvalue weighted by atomic mass is 9.99. The normalized spacial score (nSPS) is 10.2. The molecule has 0 heterocycles. The number of anilines is 1. The molecule has 0 aromatic heterocycles. The minimum absolute atomic E-state index is 0.0939. The van der Waals surface area contributed by atoms with Gasteiger partial charge in [-0.1, -0.05) is 42.0 Å². The zero-order valence-electron chi connectivity index (χ0n) is 12.2. The molecule has 21 heavy (non-hydrogen) atoms. The standard InChI is InChI=1S/C17H18N2O2/c1-12-8-9-15(19(2)16(20)11-18)14(10-12)17(21)13-6-4-3-5-7-13/h3-10H,11,18H2,1-2H3. The van der Waals surface area contributed by atoms with E-state index in [1.165, 1.54) is 4.90 Å². The third-order valence-electron chi connectivity index (χ3n) is 3.34. The maximum atomic E-state index is 12.7. The Labute approximate surface area is 124 Å². The molecular weight excluding hydrogens is 264 g/mol. The molecule has 0 aliphatic heterocycles. The number of rotatable bonds is 4. The first kappa shape index (κ1) is 14.9. The van der Waals surface area contributed by atoms with Crippen molar-refractivity contribution in [1.29, 1.82) is 0 Å². The summed E-state index contributed by atoms with van der Waals surface area (Å²) < 4.78 is 0. The minimum Gasteiger partial charge on any atom is -0.322 e. The highest BCUT2D eigenvalue weighted by atomic mass is 16.2. The number of likely N-dealkylation sites (N-methyl/N-ethyl adjacent to an activating group) is 1. The van der Waals surface area contributed by atoms with E-state index in [9.17, 15) is 9.59 Å². The molecule has 0 bridgehead atoms. The van der Waals surface area contributed by atoms with Crippen molar-refractivity contribution in [2.24, 2.45) is 5.73 Å². The molecule has 0 spiro atoms.